The summed E-state index contributed by atoms with van der Waals surface area (Å²) >= 11 is 1.67. The number of thiophene rings is 1. The van der Waals surface area contributed by atoms with E-state index < -0.39 is 0 Å². The molecule has 0 spiro atoms. The highest BCUT2D eigenvalue weighted by Gasteiger charge is 2.26. The molecular weight excluding hydrogens is 298 g/mol. The second kappa shape index (κ2) is 6.02. The lowest BCUT2D eigenvalue weighted by atomic mass is 10.2. The van der Waals surface area contributed by atoms with Crippen molar-refractivity contribution in [3.05, 3.63) is 41.9 Å². The Morgan fingerprint density at radius 3 is 3.23 bits per heavy atom. The molecule has 114 valence electrons. The molecule has 4 rings (SSSR count). The lowest BCUT2D eigenvalue weighted by molar-refractivity contribution is 0.213. The summed E-state index contributed by atoms with van der Waals surface area (Å²) < 4.78 is 7.37. The molecule has 0 amide bonds. The van der Waals surface area contributed by atoms with Gasteiger partial charge in [0, 0.05) is 18.7 Å². The van der Waals surface area contributed by atoms with Gasteiger partial charge in [-0.3, -0.25) is 9.58 Å². The van der Waals surface area contributed by atoms with Crippen molar-refractivity contribution in [2.75, 3.05) is 6.54 Å². The minimum absolute atomic E-state index is 0.489. The van der Waals surface area contributed by atoms with E-state index in [9.17, 15) is 0 Å². The van der Waals surface area contributed by atoms with Gasteiger partial charge < -0.3 is 4.52 Å². The summed E-state index contributed by atoms with van der Waals surface area (Å²) in [7, 11) is 0. The number of aromatic nitrogens is 4. The van der Waals surface area contributed by atoms with Crippen LogP contribution in [0, 0.1) is 0 Å². The summed E-state index contributed by atoms with van der Waals surface area (Å²) in [5.74, 6) is 0.858. The Balaban J connectivity index is 1.44. The molecular formula is C15H17N5OS. The maximum Gasteiger partial charge on any atom is 0.177 e. The fourth-order valence-electron chi connectivity index (χ4n) is 2.98. The van der Waals surface area contributed by atoms with Crippen molar-refractivity contribution in [3.63, 3.8) is 0 Å². The van der Waals surface area contributed by atoms with Gasteiger partial charge in [-0.05, 0) is 30.8 Å². The molecule has 0 saturated carbocycles. The van der Waals surface area contributed by atoms with E-state index >= 15 is 0 Å². The summed E-state index contributed by atoms with van der Waals surface area (Å²) in [6, 6.07) is 6.62. The zero-order valence-electron chi connectivity index (χ0n) is 12.1. The van der Waals surface area contributed by atoms with Gasteiger partial charge in [-0.15, -0.1) is 11.3 Å². The predicted octanol–water partition coefficient (Wildman–Crippen LogP) is 2.66. The van der Waals surface area contributed by atoms with Crippen LogP contribution in [0.1, 0.15) is 18.5 Å². The SMILES string of the molecule is c1csc(-c2cc(CN3CCC[C@H]3Cn3cncn3)no2)c1. The van der Waals surface area contributed by atoms with Crippen molar-refractivity contribution in [1.29, 1.82) is 0 Å². The number of rotatable bonds is 5. The molecule has 3 aromatic heterocycles. The van der Waals surface area contributed by atoms with Crippen LogP contribution < -0.4 is 0 Å². The highest BCUT2D eigenvalue weighted by atomic mass is 32.1. The summed E-state index contributed by atoms with van der Waals surface area (Å²) in [6.45, 7) is 2.81. The summed E-state index contributed by atoms with van der Waals surface area (Å²) in [5, 5.41) is 10.5. The maximum atomic E-state index is 5.47. The van der Waals surface area contributed by atoms with Gasteiger partial charge >= 0.3 is 0 Å². The fourth-order valence-corrected chi connectivity index (χ4v) is 3.66. The van der Waals surface area contributed by atoms with Gasteiger partial charge in [0.2, 0.25) is 0 Å². The standard InChI is InChI=1S/C15H17N5OS/c1-3-13(9-20-11-16-10-17-20)19(5-1)8-12-7-14(21-18-12)15-4-2-6-22-15/h2,4,6-7,10-11,13H,1,3,5,8-9H2/t13-/m0/s1. The first-order valence-corrected chi connectivity index (χ1v) is 8.32. The highest BCUT2D eigenvalue weighted by Crippen LogP contribution is 2.27. The second-order valence-electron chi connectivity index (χ2n) is 5.54. The Morgan fingerprint density at radius 2 is 2.41 bits per heavy atom. The molecule has 1 saturated heterocycles. The Morgan fingerprint density at radius 1 is 1.41 bits per heavy atom. The van der Waals surface area contributed by atoms with Gasteiger partial charge in [0.05, 0.1) is 17.1 Å². The van der Waals surface area contributed by atoms with Crippen LogP contribution in [-0.4, -0.2) is 37.4 Å². The molecule has 1 aliphatic heterocycles. The van der Waals surface area contributed by atoms with Crippen molar-refractivity contribution < 1.29 is 4.52 Å². The molecule has 0 N–H and O–H groups in total. The monoisotopic (exact) mass is 315 g/mol. The van der Waals surface area contributed by atoms with Gasteiger partial charge in [-0.1, -0.05) is 11.2 Å². The third-order valence-corrected chi connectivity index (χ3v) is 4.94. The van der Waals surface area contributed by atoms with Crippen LogP contribution in [0.15, 0.2) is 40.8 Å². The van der Waals surface area contributed by atoms with Crippen LogP contribution in [0.3, 0.4) is 0 Å². The van der Waals surface area contributed by atoms with Crippen molar-refractivity contribution >= 4 is 11.3 Å². The molecule has 0 aliphatic carbocycles. The van der Waals surface area contributed by atoms with Crippen molar-refractivity contribution in [2.45, 2.75) is 32.0 Å². The molecule has 4 heterocycles. The smallest absolute Gasteiger partial charge is 0.177 e. The number of hydrogen-bond acceptors (Lipinski definition) is 6. The van der Waals surface area contributed by atoms with E-state index in [0.717, 1.165) is 36.0 Å². The molecule has 7 heteroatoms. The molecule has 0 bridgehead atoms. The summed E-state index contributed by atoms with van der Waals surface area (Å²) in [6.07, 6.45) is 5.77. The van der Waals surface area contributed by atoms with E-state index in [1.165, 1.54) is 12.8 Å². The van der Waals surface area contributed by atoms with Crippen LogP contribution in [0.5, 0.6) is 0 Å². The van der Waals surface area contributed by atoms with Crippen molar-refractivity contribution in [1.82, 2.24) is 24.8 Å². The summed E-state index contributed by atoms with van der Waals surface area (Å²) in [4.78, 5) is 7.59. The average Bonchev–Trinajstić information content (AvgIpc) is 3.28. The average molecular weight is 315 g/mol. The van der Waals surface area contributed by atoms with Crippen LogP contribution in [0.2, 0.25) is 0 Å². The van der Waals surface area contributed by atoms with E-state index in [1.54, 1.807) is 24.0 Å². The van der Waals surface area contributed by atoms with Crippen LogP contribution in [-0.2, 0) is 13.1 Å². The minimum Gasteiger partial charge on any atom is -0.355 e. The second-order valence-corrected chi connectivity index (χ2v) is 6.49. The first-order valence-electron chi connectivity index (χ1n) is 7.44. The van der Waals surface area contributed by atoms with Gasteiger partial charge in [0.25, 0.3) is 0 Å². The van der Waals surface area contributed by atoms with E-state index in [2.05, 4.69) is 32.3 Å². The minimum atomic E-state index is 0.489. The number of hydrogen-bond donors (Lipinski definition) is 0. The van der Waals surface area contributed by atoms with Crippen molar-refractivity contribution in [2.24, 2.45) is 0 Å². The molecule has 1 fully saturated rings. The number of likely N-dealkylation sites (tertiary alicyclic amines) is 1. The van der Waals surface area contributed by atoms with Crippen LogP contribution in [0.25, 0.3) is 10.6 Å². The third kappa shape index (κ3) is 2.82. The Labute approximate surface area is 132 Å². The zero-order chi connectivity index (χ0) is 14.8. The molecule has 22 heavy (non-hydrogen) atoms. The Hall–Kier alpha value is -1.99. The zero-order valence-corrected chi connectivity index (χ0v) is 12.9. The first kappa shape index (κ1) is 13.7. The van der Waals surface area contributed by atoms with Gasteiger partial charge in [0.1, 0.15) is 12.7 Å². The predicted molar refractivity (Wildman–Crippen MR) is 83.3 cm³/mol. The maximum absolute atomic E-state index is 5.47. The van der Waals surface area contributed by atoms with Gasteiger partial charge in [-0.25, -0.2) is 4.98 Å². The lowest BCUT2D eigenvalue weighted by Gasteiger charge is -2.22. The van der Waals surface area contributed by atoms with Gasteiger partial charge in [-0.2, -0.15) is 5.10 Å². The molecule has 1 atom stereocenters. The van der Waals surface area contributed by atoms with E-state index in [4.69, 9.17) is 4.52 Å². The fraction of sp³-hybridized carbons (Fsp3) is 0.400. The molecule has 1 aliphatic rings. The van der Waals surface area contributed by atoms with Crippen molar-refractivity contribution in [3.8, 4) is 10.6 Å². The third-order valence-electron chi connectivity index (χ3n) is 4.05. The molecule has 0 aromatic carbocycles. The molecule has 0 unspecified atom stereocenters. The largest absolute Gasteiger partial charge is 0.355 e. The highest BCUT2D eigenvalue weighted by molar-refractivity contribution is 7.13. The lowest BCUT2D eigenvalue weighted by Crippen LogP contribution is -2.32. The number of nitrogens with zero attached hydrogens (tertiary/aromatic N) is 5. The first-order chi connectivity index (χ1) is 10.9. The van der Waals surface area contributed by atoms with Crippen LogP contribution in [0.4, 0.5) is 0 Å². The van der Waals surface area contributed by atoms with E-state index in [0.29, 0.717) is 6.04 Å². The van der Waals surface area contributed by atoms with E-state index in [-0.39, 0.29) is 0 Å². The molecule has 0 radical (unpaired) electrons. The van der Waals surface area contributed by atoms with Gasteiger partial charge in [0.15, 0.2) is 5.76 Å². The topological polar surface area (TPSA) is 60.0 Å². The quantitative estimate of drug-likeness (QED) is 0.724. The Bertz CT molecular complexity index is 706. The van der Waals surface area contributed by atoms with E-state index in [1.807, 2.05) is 16.1 Å². The normalized spacial score (nSPS) is 19.0. The molecule has 6 nitrogen and oxygen atoms in total. The summed E-state index contributed by atoms with van der Waals surface area (Å²) in [5.41, 5.74) is 0.994. The Kier molecular flexibility index (Phi) is 3.74. The van der Waals surface area contributed by atoms with Crippen LogP contribution >= 0.6 is 11.3 Å². The molecule has 3 aromatic rings.